The van der Waals surface area contributed by atoms with Gasteiger partial charge in [0.15, 0.2) is 0 Å². The zero-order valence-electron chi connectivity index (χ0n) is 12.6. The van der Waals surface area contributed by atoms with Crippen molar-refractivity contribution in [2.45, 2.75) is 31.3 Å². The molecular formula is C14H25N3O4. The summed E-state index contributed by atoms with van der Waals surface area (Å²) in [5, 5.41) is 0. The van der Waals surface area contributed by atoms with Crippen molar-refractivity contribution in [1.29, 1.82) is 0 Å². The molecule has 0 aromatic rings. The highest BCUT2D eigenvalue weighted by Crippen LogP contribution is 2.21. The van der Waals surface area contributed by atoms with Gasteiger partial charge in [-0.05, 0) is 19.3 Å². The van der Waals surface area contributed by atoms with E-state index >= 15 is 0 Å². The number of morpholine rings is 1. The summed E-state index contributed by atoms with van der Waals surface area (Å²) < 4.78 is 10.2. The van der Waals surface area contributed by atoms with Crippen LogP contribution in [0.15, 0.2) is 0 Å². The summed E-state index contributed by atoms with van der Waals surface area (Å²) in [6.45, 7) is 3.41. The molecule has 0 bridgehead atoms. The second kappa shape index (κ2) is 7.72. The average Bonchev–Trinajstić information content (AvgIpc) is 3.01. The summed E-state index contributed by atoms with van der Waals surface area (Å²) in [5.41, 5.74) is 5.91. The van der Waals surface area contributed by atoms with Crippen molar-refractivity contribution < 1.29 is 19.1 Å². The van der Waals surface area contributed by atoms with Gasteiger partial charge in [0.1, 0.15) is 6.04 Å². The molecule has 2 unspecified atom stereocenters. The fraction of sp³-hybridized carbons (Fsp3) is 0.857. The number of rotatable bonds is 5. The number of hydrogen-bond acceptors (Lipinski definition) is 5. The molecule has 0 aromatic carbocycles. The van der Waals surface area contributed by atoms with Gasteiger partial charge in [-0.3, -0.25) is 9.59 Å². The molecule has 120 valence electrons. The number of nitrogens with zero attached hydrogens (tertiary/aromatic N) is 2. The van der Waals surface area contributed by atoms with Crippen LogP contribution in [0.3, 0.4) is 0 Å². The normalized spacial score (nSPS) is 24.2. The number of nitrogens with two attached hydrogens (primary N) is 1. The van der Waals surface area contributed by atoms with Crippen LogP contribution in [0.5, 0.6) is 0 Å². The smallest absolute Gasteiger partial charge is 0.245 e. The summed E-state index contributed by atoms with van der Waals surface area (Å²) in [7, 11) is 1.58. The molecule has 0 aromatic heterocycles. The molecule has 2 saturated heterocycles. The Hall–Kier alpha value is -1.18. The highest BCUT2D eigenvalue weighted by molar-refractivity contribution is 5.90. The Balaban J connectivity index is 1.95. The van der Waals surface area contributed by atoms with Crippen LogP contribution in [-0.2, 0) is 19.1 Å². The molecule has 2 aliphatic heterocycles. The van der Waals surface area contributed by atoms with Crippen molar-refractivity contribution in [3.63, 3.8) is 0 Å². The fourth-order valence-corrected chi connectivity index (χ4v) is 2.86. The average molecular weight is 299 g/mol. The molecule has 2 heterocycles. The van der Waals surface area contributed by atoms with Crippen molar-refractivity contribution in [2.24, 2.45) is 5.73 Å². The number of amides is 2. The first-order chi connectivity index (χ1) is 10.1. The SMILES string of the molecule is COCCC(N)C(=O)N1CCCC1C(=O)N1CCOCC1. The van der Waals surface area contributed by atoms with Crippen molar-refractivity contribution in [3.05, 3.63) is 0 Å². The third kappa shape index (κ3) is 3.93. The van der Waals surface area contributed by atoms with Crippen molar-refractivity contribution >= 4 is 11.8 Å². The van der Waals surface area contributed by atoms with E-state index in [1.165, 1.54) is 0 Å². The molecule has 2 aliphatic rings. The van der Waals surface area contributed by atoms with Crippen molar-refractivity contribution in [2.75, 3.05) is 46.6 Å². The van der Waals surface area contributed by atoms with E-state index in [1.807, 2.05) is 0 Å². The number of hydrogen-bond donors (Lipinski definition) is 1. The highest BCUT2D eigenvalue weighted by atomic mass is 16.5. The van der Waals surface area contributed by atoms with E-state index in [-0.39, 0.29) is 17.9 Å². The molecular weight excluding hydrogens is 274 g/mol. The van der Waals surface area contributed by atoms with Gasteiger partial charge in [0.2, 0.25) is 11.8 Å². The van der Waals surface area contributed by atoms with E-state index in [9.17, 15) is 9.59 Å². The molecule has 2 rings (SSSR count). The minimum Gasteiger partial charge on any atom is -0.385 e. The summed E-state index contributed by atoms with van der Waals surface area (Å²) in [4.78, 5) is 28.4. The molecule has 2 fully saturated rings. The van der Waals surface area contributed by atoms with E-state index in [2.05, 4.69) is 0 Å². The van der Waals surface area contributed by atoms with E-state index in [0.29, 0.717) is 45.9 Å². The van der Waals surface area contributed by atoms with Crippen molar-refractivity contribution in [1.82, 2.24) is 9.80 Å². The van der Waals surface area contributed by atoms with Crippen molar-refractivity contribution in [3.8, 4) is 0 Å². The van der Waals surface area contributed by atoms with Crippen LogP contribution in [0.2, 0.25) is 0 Å². The number of carbonyl (C=O) groups is 2. The van der Waals surface area contributed by atoms with Crippen LogP contribution in [0.25, 0.3) is 0 Å². The Morgan fingerprint density at radius 3 is 2.71 bits per heavy atom. The van der Waals surface area contributed by atoms with Gasteiger partial charge in [-0.1, -0.05) is 0 Å². The standard InChI is InChI=1S/C14H25N3O4/c1-20-8-4-11(15)13(18)17-5-2-3-12(17)14(19)16-6-9-21-10-7-16/h11-12H,2-10,15H2,1H3. The third-order valence-corrected chi connectivity index (χ3v) is 4.09. The van der Waals surface area contributed by atoms with Gasteiger partial charge in [-0.25, -0.2) is 0 Å². The number of ether oxygens (including phenoxy) is 2. The Morgan fingerprint density at radius 1 is 1.33 bits per heavy atom. The minimum absolute atomic E-state index is 0.0306. The van der Waals surface area contributed by atoms with Gasteiger partial charge in [0.05, 0.1) is 19.3 Å². The van der Waals surface area contributed by atoms with Gasteiger partial charge in [0.25, 0.3) is 0 Å². The Kier molecular flexibility index (Phi) is 5.96. The number of carbonyl (C=O) groups excluding carboxylic acids is 2. The van der Waals surface area contributed by atoms with E-state index in [0.717, 1.165) is 12.8 Å². The maximum atomic E-state index is 12.6. The Bertz CT molecular complexity index is 371. The van der Waals surface area contributed by atoms with Gasteiger partial charge >= 0.3 is 0 Å². The summed E-state index contributed by atoms with van der Waals surface area (Å²) in [6, 6.07) is -0.952. The van der Waals surface area contributed by atoms with Crippen LogP contribution < -0.4 is 5.73 Å². The fourth-order valence-electron chi connectivity index (χ4n) is 2.86. The van der Waals surface area contributed by atoms with Gasteiger partial charge in [-0.15, -0.1) is 0 Å². The van der Waals surface area contributed by atoms with Crippen LogP contribution in [-0.4, -0.2) is 80.3 Å². The predicted molar refractivity (Wildman–Crippen MR) is 76.6 cm³/mol. The second-order valence-electron chi connectivity index (χ2n) is 5.52. The minimum atomic E-state index is -0.594. The lowest BCUT2D eigenvalue weighted by atomic mass is 10.1. The lowest BCUT2D eigenvalue weighted by molar-refractivity contribution is -0.147. The maximum Gasteiger partial charge on any atom is 0.245 e. The Labute approximate surface area is 125 Å². The lowest BCUT2D eigenvalue weighted by Crippen LogP contribution is -2.54. The molecule has 0 radical (unpaired) electrons. The zero-order chi connectivity index (χ0) is 15.2. The monoisotopic (exact) mass is 299 g/mol. The summed E-state index contributed by atoms with van der Waals surface area (Å²) in [6.07, 6.45) is 2.05. The molecule has 21 heavy (non-hydrogen) atoms. The second-order valence-corrected chi connectivity index (χ2v) is 5.52. The molecule has 7 heteroatoms. The van der Waals surface area contributed by atoms with Gasteiger partial charge in [-0.2, -0.15) is 0 Å². The van der Waals surface area contributed by atoms with Gasteiger partial charge in [0, 0.05) is 33.4 Å². The lowest BCUT2D eigenvalue weighted by Gasteiger charge is -2.33. The van der Waals surface area contributed by atoms with Crippen LogP contribution >= 0.6 is 0 Å². The third-order valence-electron chi connectivity index (χ3n) is 4.09. The topological polar surface area (TPSA) is 85.1 Å². The molecule has 0 saturated carbocycles. The summed E-state index contributed by atoms with van der Waals surface area (Å²) in [5.74, 6) is -0.112. The summed E-state index contributed by atoms with van der Waals surface area (Å²) >= 11 is 0. The first-order valence-electron chi connectivity index (χ1n) is 7.56. The first-order valence-corrected chi connectivity index (χ1v) is 7.56. The van der Waals surface area contributed by atoms with E-state index in [4.69, 9.17) is 15.2 Å². The van der Waals surface area contributed by atoms with E-state index in [1.54, 1.807) is 16.9 Å². The number of methoxy groups -OCH3 is 1. The van der Waals surface area contributed by atoms with Gasteiger partial charge < -0.3 is 25.0 Å². The molecule has 0 spiro atoms. The molecule has 7 nitrogen and oxygen atoms in total. The zero-order valence-corrected chi connectivity index (χ0v) is 12.6. The maximum absolute atomic E-state index is 12.6. The van der Waals surface area contributed by atoms with Crippen LogP contribution in [0, 0.1) is 0 Å². The Morgan fingerprint density at radius 2 is 2.05 bits per heavy atom. The molecule has 0 aliphatic carbocycles. The van der Waals surface area contributed by atoms with E-state index < -0.39 is 6.04 Å². The molecule has 2 N–H and O–H groups in total. The largest absolute Gasteiger partial charge is 0.385 e. The predicted octanol–water partition coefficient (Wildman–Crippen LogP) is -0.800. The van der Waals surface area contributed by atoms with Crippen LogP contribution in [0.4, 0.5) is 0 Å². The highest BCUT2D eigenvalue weighted by Gasteiger charge is 2.38. The number of likely N-dealkylation sites (tertiary alicyclic amines) is 1. The van der Waals surface area contributed by atoms with Crippen LogP contribution in [0.1, 0.15) is 19.3 Å². The quantitative estimate of drug-likeness (QED) is 0.718. The molecule has 2 atom stereocenters. The first kappa shape index (κ1) is 16.2. The molecule has 2 amide bonds.